The minimum absolute atomic E-state index is 0.272. The standard InChI is InChI=1S/C20H17NO6S/c1-25-14-8-9-15(16(11-14)26-2)21-18(22)17(28-20(21)24)10-12-4-6-13(7-5-12)19(23)27-3/h4-11H,1-3H3/b17-10-. The summed E-state index contributed by atoms with van der Waals surface area (Å²) in [5.41, 5.74) is 1.42. The molecule has 0 aromatic heterocycles. The number of carbonyl (C=O) groups excluding carboxylic acids is 3. The van der Waals surface area contributed by atoms with Gasteiger partial charge in [0, 0.05) is 6.07 Å². The topological polar surface area (TPSA) is 82.1 Å². The van der Waals surface area contributed by atoms with Gasteiger partial charge < -0.3 is 14.2 Å². The van der Waals surface area contributed by atoms with Crippen LogP contribution in [0.3, 0.4) is 0 Å². The van der Waals surface area contributed by atoms with Gasteiger partial charge >= 0.3 is 5.97 Å². The molecule has 3 rings (SSSR count). The lowest BCUT2D eigenvalue weighted by Crippen LogP contribution is -2.28. The van der Waals surface area contributed by atoms with Crippen LogP contribution in [0.15, 0.2) is 47.4 Å². The Morgan fingerprint density at radius 3 is 2.32 bits per heavy atom. The van der Waals surface area contributed by atoms with Gasteiger partial charge in [-0.15, -0.1) is 0 Å². The number of nitrogens with zero attached hydrogens (tertiary/aromatic N) is 1. The number of ether oxygens (including phenoxy) is 3. The predicted molar refractivity (Wildman–Crippen MR) is 106 cm³/mol. The summed E-state index contributed by atoms with van der Waals surface area (Å²) in [6, 6.07) is 11.4. The first kappa shape index (κ1) is 19.5. The van der Waals surface area contributed by atoms with Gasteiger partial charge in [0.2, 0.25) is 0 Å². The Morgan fingerprint density at radius 2 is 1.71 bits per heavy atom. The first-order valence-electron chi connectivity index (χ1n) is 8.17. The van der Waals surface area contributed by atoms with Crippen LogP contribution >= 0.6 is 11.8 Å². The molecule has 7 nitrogen and oxygen atoms in total. The van der Waals surface area contributed by atoms with Crippen molar-refractivity contribution in [3.05, 3.63) is 58.5 Å². The number of esters is 1. The molecular formula is C20H17NO6S. The van der Waals surface area contributed by atoms with Gasteiger partial charge in [0.15, 0.2) is 0 Å². The zero-order valence-electron chi connectivity index (χ0n) is 15.4. The number of thioether (sulfide) groups is 1. The summed E-state index contributed by atoms with van der Waals surface area (Å²) in [5.74, 6) is 0.00752. The molecule has 1 heterocycles. The zero-order chi connectivity index (χ0) is 20.3. The second kappa shape index (κ2) is 8.18. The SMILES string of the molecule is COC(=O)c1ccc(/C=C2\SC(=O)N(c3ccc(OC)cc3OC)C2=O)cc1. The number of anilines is 1. The number of imide groups is 1. The first-order chi connectivity index (χ1) is 13.5. The average molecular weight is 399 g/mol. The molecule has 0 aliphatic carbocycles. The van der Waals surface area contributed by atoms with Crippen molar-refractivity contribution in [2.75, 3.05) is 26.2 Å². The molecule has 0 bridgehead atoms. The highest BCUT2D eigenvalue weighted by atomic mass is 32.2. The van der Waals surface area contributed by atoms with Crippen molar-refractivity contribution >= 4 is 40.6 Å². The van der Waals surface area contributed by atoms with Gasteiger partial charge in [-0.1, -0.05) is 12.1 Å². The molecule has 1 saturated heterocycles. The van der Waals surface area contributed by atoms with Crippen LogP contribution in [0.2, 0.25) is 0 Å². The van der Waals surface area contributed by atoms with E-state index in [1.54, 1.807) is 48.5 Å². The lowest BCUT2D eigenvalue weighted by Gasteiger charge is -2.16. The van der Waals surface area contributed by atoms with E-state index in [-0.39, 0.29) is 4.91 Å². The van der Waals surface area contributed by atoms with E-state index in [1.807, 2.05) is 0 Å². The van der Waals surface area contributed by atoms with E-state index in [0.29, 0.717) is 28.3 Å². The van der Waals surface area contributed by atoms with E-state index >= 15 is 0 Å². The van der Waals surface area contributed by atoms with E-state index in [1.165, 1.54) is 21.3 Å². The zero-order valence-corrected chi connectivity index (χ0v) is 16.2. The average Bonchev–Trinajstić information content (AvgIpc) is 3.00. The van der Waals surface area contributed by atoms with Crippen molar-refractivity contribution in [1.82, 2.24) is 0 Å². The van der Waals surface area contributed by atoms with Crippen LogP contribution in [0.4, 0.5) is 10.5 Å². The van der Waals surface area contributed by atoms with Crippen LogP contribution in [-0.4, -0.2) is 38.4 Å². The van der Waals surface area contributed by atoms with Gasteiger partial charge in [0.05, 0.1) is 37.5 Å². The summed E-state index contributed by atoms with van der Waals surface area (Å²) in [6.07, 6.45) is 1.60. The second-order valence-electron chi connectivity index (χ2n) is 5.67. The Hall–Kier alpha value is -3.26. The van der Waals surface area contributed by atoms with E-state index in [0.717, 1.165) is 16.7 Å². The van der Waals surface area contributed by atoms with Gasteiger partial charge in [-0.2, -0.15) is 0 Å². The molecule has 1 aliphatic heterocycles. The Bertz CT molecular complexity index is 967. The number of methoxy groups -OCH3 is 3. The number of benzene rings is 2. The highest BCUT2D eigenvalue weighted by molar-refractivity contribution is 8.19. The van der Waals surface area contributed by atoms with Gasteiger partial charge in [0.25, 0.3) is 11.1 Å². The van der Waals surface area contributed by atoms with Gasteiger partial charge in [0.1, 0.15) is 11.5 Å². The molecule has 144 valence electrons. The summed E-state index contributed by atoms with van der Waals surface area (Å²) in [6.45, 7) is 0. The van der Waals surface area contributed by atoms with E-state index in [9.17, 15) is 14.4 Å². The molecular weight excluding hydrogens is 382 g/mol. The largest absolute Gasteiger partial charge is 0.497 e. The summed E-state index contributed by atoms with van der Waals surface area (Å²) in [5, 5.41) is -0.425. The fraction of sp³-hybridized carbons (Fsp3) is 0.150. The normalized spacial score (nSPS) is 15.1. The third-order valence-corrected chi connectivity index (χ3v) is 4.92. The molecule has 2 amide bonds. The summed E-state index contributed by atoms with van der Waals surface area (Å²) in [7, 11) is 4.28. The second-order valence-corrected chi connectivity index (χ2v) is 6.66. The van der Waals surface area contributed by atoms with Crippen molar-refractivity contribution < 1.29 is 28.6 Å². The summed E-state index contributed by atoms with van der Waals surface area (Å²) < 4.78 is 15.1. The minimum Gasteiger partial charge on any atom is -0.497 e. The van der Waals surface area contributed by atoms with Crippen LogP contribution in [0.1, 0.15) is 15.9 Å². The van der Waals surface area contributed by atoms with Crippen molar-refractivity contribution in [3.63, 3.8) is 0 Å². The molecule has 0 atom stereocenters. The van der Waals surface area contributed by atoms with Crippen molar-refractivity contribution in [2.45, 2.75) is 0 Å². The minimum atomic E-state index is -0.449. The number of hydrogen-bond acceptors (Lipinski definition) is 7. The maximum atomic E-state index is 12.8. The van der Waals surface area contributed by atoms with Crippen LogP contribution in [0.5, 0.6) is 11.5 Å². The molecule has 1 fully saturated rings. The highest BCUT2D eigenvalue weighted by Gasteiger charge is 2.37. The lowest BCUT2D eigenvalue weighted by atomic mass is 10.1. The van der Waals surface area contributed by atoms with Crippen LogP contribution in [0.25, 0.3) is 6.08 Å². The van der Waals surface area contributed by atoms with Gasteiger partial charge in [-0.25, -0.2) is 9.69 Å². The Labute approximate surface area is 165 Å². The molecule has 0 radical (unpaired) electrons. The molecule has 0 saturated carbocycles. The van der Waals surface area contributed by atoms with E-state index < -0.39 is 17.1 Å². The third-order valence-electron chi connectivity index (χ3n) is 4.05. The van der Waals surface area contributed by atoms with Crippen LogP contribution < -0.4 is 14.4 Å². The molecule has 2 aromatic rings. The number of carbonyl (C=O) groups is 3. The number of hydrogen-bond donors (Lipinski definition) is 0. The molecule has 0 N–H and O–H groups in total. The highest BCUT2D eigenvalue weighted by Crippen LogP contribution is 2.40. The van der Waals surface area contributed by atoms with Crippen molar-refractivity contribution in [3.8, 4) is 11.5 Å². The molecule has 0 unspecified atom stereocenters. The fourth-order valence-electron chi connectivity index (χ4n) is 2.63. The van der Waals surface area contributed by atoms with Crippen molar-refractivity contribution in [2.24, 2.45) is 0 Å². The molecule has 0 spiro atoms. The van der Waals surface area contributed by atoms with Gasteiger partial charge in [-0.05, 0) is 47.7 Å². The molecule has 28 heavy (non-hydrogen) atoms. The lowest BCUT2D eigenvalue weighted by molar-refractivity contribution is -0.113. The monoisotopic (exact) mass is 399 g/mol. The number of rotatable bonds is 5. The van der Waals surface area contributed by atoms with E-state index in [4.69, 9.17) is 9.47 Å². The molecule has 1 aliphatic rings. The third kappa shape index (κ3) is 3.72. The number of amides is 2. The predicted octanol–water partition coefficient (Wildman–Crippen LogP) is 3.73. The molecule has 8 heteroatoms. The fourth-order valence-corrected chi connectivity index (χ4v) is 3.46. The molecule has 2 aromatic carbocycles. The summed E-state index contributed by atoms with van der Waals surface area (Å²) in [4.78, 5) is 38.1. The van der Waals surface area contributed by atoms with Gasteiger partial charge in [-0.3, -0.25) is 9.59 Å². The quantitative estimate of drug-likeness (QED) is 0.560. The van der Waals surface area contributed by atoms with E-state index in [2.05, 4.69) is 4.74 Å². The Balaban J connectivity index is 1.90. The Kier molecular flexibility index (Phi) is 5.70. The smallest absolute Gasteiger partial charge is 0.337 e. The van der Waals surface area contributed by atoms with Crippen LogP contribution in [0, 0.1) is 0 Å². The van der Waals surface area contributed by atoms with Crippen LogP contribution in [-0.2, 0) is 9.53 Å². The maximum absolute atomic E-state index is 12.8. The Morgan fingerprint density at radius 1 is 1.00 bits per heavy atom. The maximum Gasteiger partial charge on any atom is 0.337 e. The van der Waals surface area contributed by atoms with Crippen molar-refractivity contribution in [1.29, 1.82) is 0 Å². The first-order valence-corrected chi connectivity index (χ1v) is 8.98. The summed E-state index contributed by atoms with van der Waals surface area (Å²) >= 11 is 0.836.